The van der Waals surface area contributed by atoms with Crippen molar-refractivity contribution in [1.82, 2.24) is 34.5 Å². The number of nitrogens with zero attached hydrogens (tertiary/aromatic N) is 7. The number of para-hydroxylation sites is 1. The maximum Gasteiger partial charge on any atom is 0.297 e. The van der Waals surface area contributed by atoms with E-state index in [1.807, 2.05) is 56.1 Å². The van der Waals surface area contributed by atoms with E-state index in [-0.39, 0.29) is 16.7 Å². The maximum absolute atomic E-state index is 13.2. The molecular weight excluding hydrogens is 390 g/mol. The third-order valence-corrected chi connectivity index (χ3v) is 6.24. The number of aromatic nitrogens is 6. The summed E-state index contributed by atoms with van der Waals surface area (Å²) in [4.78, 5) is 27.8. The molecular formula is C19H23N7O2S. The Kier molecular flexibility index (Phi) is 5.27. The normalized spacial score (nSPS) is 15.1. The first-order valence-electron chi connectivity index (χ1n) is 9.57. The molecule has 0 bridgehead atoms. The highest BCUT2D eigenvalue weighted by Crippen LogP contribution is 2.25. The Morgan fingerprint density at radius 2 is 1.86 bits per heavy atom. The second-order valence-corrected chi connectivity index (χ2v) is 8.38. The first kappa shape index (κ1) is 19.4. The van der Waals surface area contributed by atoms with E-state index in [2.05, 4.69) is 15.5 Å². The van der Waals surface area contributed by atoms with E-state index in [0.717, 1.165) is 37.3 Å². The van der Waals surface area contributed by atoms with E-state index in [9.17, 15) is 9.59 Å². The van der Waals surface area contributed by atoms with Gasteiger partial charge in [-0.2, -0.15) is 4.68 Å². The Bertz CT molecular complexity index is 1080. The van der Waals surface area contributed by atoms with Gasteiger partial charge in [-0.05, 0) is 49.2 Å². The van der Waals surface area contributed by atoms with Gasteiger partial charge in [0.05, 0.1) is 16.6 Å². The third-order valence-electron chi connectivity index (χ3n) is 5.22. The summed E-state index contributed by atoms with van der Waals surface area (Å²) in [5, 5.41) is 12.0. The standard InChI is InChI=1S/C19H23N7O2S/c1-13-16(18(28)26(23(13)3)15-9-5-4-6-10-15)25-19(20-21-22-25)29-14(2)17(27)24-11-7-8-12-24/h4-6,9-10,14H,7-8,11-12H2,1-3H3. The van der Waals surface area contributed by atoms with E-state index < -0.39 is 0 Å². The van der Waals surface area contributed by atoms with Crippen molar-refractivity contribution in [3.8, 4) is 11.4 Å². The monoisotopic (exact) mass is 413 g/mol. The van der Waals surface area contributed by atoms with E-state index >= 15 is 0 Å². The molecule has 0 spiro atoms. The number of amides is 1. The number of likely N-dealkylation sites (tertiary alicyclic amines) is 1. The molecule has 4 rings (SSSR count). The zero-order valence-electron chi connectivity index (χ0n) is 16.6. The molecule has 3 heterocycles. The van der Waals surface area contributed by atoms with Crippen LogP contribution in [0.2, 0.25) is 0 Å². The Hall–Kier alpha value is -2.88. The predicted octanol–water partition coefficient (Wildman–Crippen LogP) is 1.56. The second-order valence-electron chi connectivity index (χ2n) is 7.08. The second kappa shape index (κ2) is 7.86. The summed E-state index contributed by atoms with van der Waals surface area (Å²) in [6, 6.07) is 9.41. The van der Waals surface area contributed by atoms with E-state index in [1.54, 1.807) is 9.36 Å². The van der Waals surface area contributed by atoms with Crippen molar-refractivity contribution in [2.75, 3.05) is 13.1 Å². The Morgan fingerprint density at radius 3 is 2.55 bits per heavy atom. The minimum Gasteiger partial charge on any atom is -0.342 e. The van der Waals surface area contributed by atoms with E-state index in [4.69, 9.17) is 0 Å². The van der Waals surface area contributed by atoms with Crippen LogP contribution in [0.5, 0.6) is 0 Å². The molecule has 0 saturated carbocycles. The quantitative estimate of drug-likeness (QED) is 0.590. The van der Waals surface area contributed by atoms with Gasteiger partial charge in [-0.15, -0.1) is 5.10 Å². The first-order chi connectivity index (χ1) is 14.0. The van der Waals surface area contributed by atoms with Crippen LogP contribution in [0.4, 0.5) is 0 Å². The Balaban J connectivity index is 1.68. The number of carbonyl (C=O) groups excluding carboxylic acids is 1. The molecule has 0 radical (unpaired) electrons. The van der Waals surface area contributed by atoms with E-state index in [0.29, 0.717) is 10.8 Å². The number of thioether (sulfide) groups is 1. The van der Waals surface area contributed by atoms with Crippen molar-refractivity contribution in [2.45, 2.75) is 37.1 Å². The SMILES string of the molecule is Cc1c(-n2nnnc2SC(C)C(=O)N2CCCC2)c(=O)n(-c2ccccc2)n1C. The lowest BCUT2D eigenvalue weighted by Gasteiger charge is -2.19. The molecule has 10 heteroatoms. The van der Waals surface area contributed by atoms with Gasteiger partial charge in [0, 0.05) is 20.1 Å². The molecule has 1 aliphatic heterocycles. The molecule has 1 aromatic carbocycles. The number of hydrogen-bond acceptors (Lipinski definition) is 6. The van der Waals surface area contributed by atoms with Crippen molar-refractivity contribution < 1.29 is 4.79 Å². The molecule has 3 aromatic rings. The summed E-state index contributed by atoms with van der Waals surface area (Å²) >= 11 is 1.27. The van der Waals surface area contributed by atoms with Gasteiger partial charge in [-0.3, -0.25) is 14.3 Å². The fourth-order valence-electron chi connectivity index (χ4n) is 3.59. The van der Waals surface area contributed by atoms with Gasteiger partial charge in [0.25, 0.3) is 5.56 Å². The molecule has 2 aromatic heterocycles. The van der Waals surface area contributed by atoms with E-state index in [1.165, 1.54) is 16.4 Å². The molecule has 1 fully saturated rings. The zero-order valence-corrected chi connectivity index (χ0v) is 17.5. The highest BCUT2D eigenvalue weighted by atomic mass is 32.2. The number of hydrogen-bond donors (Lipinski definition) is 0. The van der Waals surface area contributed by atoms with Crippen molar-refractivity contribution >= 4 is 17.7 Å². The molecule has 0 aliphatic carbocycles. The van der Waals surface area contributed by atoms with Crippen LogP contribution in [0.25, 0.3) is 11.4 Å². The van der Waals surface area contributed by atoms with Gasteiger partial charge in [-0.25, -0.2) is 4.68 Å². The third kappa shape index (κ3) is 3.48. The summed E-state index contributed by atoms with van der Waals surface area (Å²) in [6.45, 7) is 5.30. The van der Waals surface area contributed by atoms with Crippen LogP contribution in [0.1, 0.15) is 25.5 Å². The minimum absolute atomic E-state index is 0.0773. The van der Waals surface area contributed by atoms with Crippen LogP contribution < -0.4 is 5.56 Å². The van der Waals surface area contributed by atoms with Gasteiger partial charge in [0.2, 0.25) is 11.1 Å². The average molecular weight is 414 g/mol. The van der Waals surface area contributed by atoms with Gasteiger partial charge >= 0.3 is 0 Å². The molecule has 1 atom stereocenters. The molecule has 1 amide bonds. The summed E-state index contributed by atoms with van der Waals surface area (Å²) in [6.07, 6.45) is 2.09. The molecule has 1 saturated heterocycles. The van der Waals surface area contributed by atoms with Gasteiger partial charge in [-0.1, -0.05) is 30.0 Å². The fourth-order valence-corrected chi connectivity index (χ4v) is 4.47. The van der Waals surface area contributed by atoms with Crippen molar-refractivity contribution in [3.05, 3.63) is 46.4 Å². The lowest BCUT2D eigenvalue weighted by Crippen LogP contribution is -2.34. The molecule has 1 unspecified atom stereocenters. The summed E-state index contributed by atoms with van der Waals surface area (Å²) in [5.74, 6) is 0.0773. The number of tetrazole rings is 1. The van der Waals surface area contributed by atoms with Crippen LogP contribution in [-0.4, -0.2) is 58.7 Å². The van der Waals surface area contributed by atoms with Gasteiger partial charge in [0.1, 0.15) is 0 Å². The predicted molar refractivity (Wildman–Crippen MR) is 110 cm³/mol. The molecule has 29 heavy (non-hydrogen) atoms. The van der Waals surface area contributed by atoms with Gasteiger partial charge < -0.3 is 4.90 Å². The van der Waals surface area contributed by atoms with Crippen molar-refractivity contribution in [2.24, 2.45) is 7.05 Å². The van der Waals surface area contributed by atoms with Gasteiger partial charge in [0.15, 0.2) is 5.69 Å². The Morgan fingerprint density at radius 1 is 1.17 bits per heavy atom. The van der Waals surface area contributed by atoms with Crippen LogP contribution in [0, 0.1) is 6.92 Å². The van der Waals surface area contributed by atoms with Crippen molar-refractivity contribution in [1.29, 1.82) is 0 Å². The smallest absolute Gasteiger partial charge is 0.297 e. The zero-order chi connectivity index (χ0) is 20.5. The molecule has 152 valence electrons. The number of carbonyl (C=O) groups is 1. The van der Waals surface area contributed by atoms with Crippen LogP contribution >= 0.6 is 11.8 Å². The van der Waals surface area contributed by atoms with Crippen molar-refractivity contribution in [3.63, 3.8) is 0 Å². The molecule has 9 nitrogen and oxygen atoms in total. The highest BCUT2D eigenvalue weighted by Gasteiger charge is 2.28. The first-order valence-corrected chi connectivity index (χ1v) is 10.4. The lowest BCUT2D eigenvalue weighted by atomic mass is 10.3. The lowest BCUT2D eigenvalue weighted by molar-refractivity contribution is -0.129. The molecule has 0 N–H and O–H groups in total. The summed E-state index contributed by atoms with van der Waals surface area (Å²) in [7, 11) is 1.82. The Labute approximate surface area is 172 Å². The molecule has 1 aliphatic rings. The largest absolute Gasteiger partial charge is 0.342 e. The van der Waals surface area contributed by atoms with Crippen LogP contribution in [-0.2, 0) is 11.8 Å². The number of benzene rings is 1. The fraction of sp³-hybridized carbons (Fsp3) is 0.421. The average Bonchev–Trinajstić information content (AvgIpc) is 3.44. The maximum atomic E-state index is 13.2. The van der Waals surface area contributed by atoms with Crippen LogP contribution in [0.3, 0.4) is 0 Å². The summed E-state index contributed by atoms with van der Waals surface area (Å²) in [5.41, 5.74) is 1.65. The topological polar surface area (TPSA) is 90.8 Å². The summed E-state index contributed by atoms with van der Waals surface area (Å²) < 4.78 is 4.80. The van der Waals surface area contributed by atoms with Crippen LogP contribution in [0.15, 0.2) is 40.3 Å². The number of rotatable bonds is 5. The highest BCUT2D eigenvalue weighted by molar-refractivity contribution is 8.00. The minimum atomic E-state index is -0.335.